The average molecular weight is 393 g/mol. The zero-order chi connectivity index (χ0) is 20.6. The normalized spacial score (nSPS) is 35.4. The molecule has 0 aliphatic carbocycles. The first-order valence-corrected chi connectivity index (χ1v) is 9.53. The lowest BCUT2D eigenvalue weighted by Crippen LogP contribution is -2.49. The molecule has 2 amide bonds. The highest BCUT2D eigenvalue weighted by Gasteiger charge is 2.76. The molecule has 4 heterocycles. The maximum Gasteiger partial charge on any atom is 0.240 e. The van der Waals surface area contributed by atoms with Gasteiger partial charge in [-0.1, -0.05) is 0 Å². The Morgan fingerprint density at radius 2 is 2.07 bits per heavy atom. The number of aromatic nitrogens is 1. The third-order valence-corrected chi connectivity index (χ3v) is 6.76. The summed E-state index contributed by atoms with van der Waals surface area (Å²) in [5.41, 5.74) is -1.10. The molecule has 148 valence electrons. The Bertz CT molecular complexity index is 1110. The van der Waals surface area contributed by atoms with Crippen LogP contribution in [0.15, 0.2) is 30.5 Å². The Labute approximate surface area is 166 Å². The molecule has 0 radical (unpaired) electrons. The van der Waals surface area contributed by atoms with Gasteiger partial charge in [0, 0.05) is 31.0 Å². The number of pyridine rings is 1. The SMILES string of the molecule is CC12OC(CCO)(CC1O)C1C(=O)N(c3ccc(C#N)c4ncccc34)C(=O)C12. The van der Waals surface area contributed by atoms with Gasteiger partial charge in [-0.05, 0) is 31.2 Å². The summed E-state index contributed by atoms with van der Waals surface area (Å²) >= 11 is 0. The predicted molar refractivity (Wildman–Crippen MR) is 100 cm³/mol. The first-order chi connectivity index (χ1) is 13.9. The number of rotatable bonds is 3. The summed E-state index contributed by atoms with van der Waals surface area (Å²) in [5.74, 6) is -2.43. The second-order valence-corrected chi connectivity index (χ2v) is 8.16. The quantitative estimate of drug-likeness (QED) is 0.742. The molecule has 5 atom stereocenters. The predicted octanol–water partition coefficient (Wildman–Crippen LogP) is 0.887. The Morgan fingerprint density at radius 1 is 1.31 bits per heavy atom. The van der Waals surface area contributed by atoms with Crippen LogP contribution < -0.4 is 4.90 Å². The van der Waals surface area contributed by atoms with E-state index in [1.807, 2.05) is 0 Å². The molecule has 3 fully saturated rings. The van der Waals surface area contributed by atoms with E-state index in [4.69, 9.17) is 4.74 Å². The van der Waals surface area contributed by atoms with Crippen molar-refractivity contribution in [2.75, 3.05) is 11.5 Å². The van der Waals surface area contributed by atoms with Gasteiger partial charge >= 0.3 is 0 Å². The van der Waals surface area contributed by atoms with Crippen molar-refractivity contribution < 1.29 is 24.5 Å². The number of benzene rings is 1. The van der Waals surface area contributed by atoms with Crippen molar-refractivity contribution in [3.63, 3.8) is 0 Å². The molecule has 2 bridgehead atoms. The van der Waals surface area contributed by atoms with E-state index >= 15 is 0 Å². The van der Waals surface area contributed by atoms with Crippen LogP contribution in [0.2, 0.25) is 0 Å². The van der Waals surface area contributed by atoms with Gasteiger partial charge in [0.2, 0.25) is 11.8 Å². The molecule has 29 heavy (non-hydrogen) atoms. The second-order valence-electron chi connectivity index (χ2n) is 8.16. The topological polar surface area (TPSA) is 124 Å². The van der Waals surface area contributed by atoms with Crippen molar-refractivity contribution in [2.45, 2.75) is 37.1 Å². The number of aliphatic hydroxyl groups excluding tert-OH is 2. The number of carbonyl (C=O) groups excluding carboxylic acids is 2. The molecule has 8 heteroatoms. The van der Waals surface area contributed by atoms with Gasteiger partial charge < -0.3 is 14.9 Å². The molecule has 1 aromatic carbocycles. The highest BCUT2D eigenvalue weighted by Crippen LogP contribution is 2.62. The molecule has 0 spiro atoms. The minimum absolute atomic E-state index is 0.170. The third kappa shape index (κ3) is 2.10. The van der Waals surface area contributed by atoms with Crippen LogP contribution >= 0.6 is 0 Å². The maximum absolute atomic E-state index is 13.5. The summed E-state index contributed by atoms with van der Waals surface area (Å²) in [6.07, 6.45) is 1.03. The van der Waals surface area contributed by atoms with Crippen molar-refractivity contribution >= 4 is 28.4 Å². The van der Waals surface area contributed by atoms with Crippen LogP contribution in [-0.4, -0.2) is 50.9 Å². The Kier molecular flexibility index (Phi) is 3.65. The largest absolute Gasteiger partial charge is 0.396 e. The van der Waals surface area contributed by atoms with Gasteiger partial charge in [0.05, 0.1) is 40.3 Å². The number of ether oxygens (including phenoxy) is 1. The second kappa shape index (κ2) is 5.83. The van der Waals surface area contributed by atoms with Gasteiger partial charge in [0.15, 0.2) is 0 Å². The van der Waals surface area contributed by atoms with Crippen LogP contribution in [0.5, 0.6) is 0 Å². The van der Waals surface area contributed by atoms with Crippen molar-refractivity contribution in [1.82, 2.24) is 4.98 Å². The molecule has 2 N–H and O–H groups in total. The number of nitrogens with zero attached hydrogens (tertiary/aromatic N) is 3. The Morgan fingerprint density at radius 3 is 2.79 bits per heavy atom. The molecule has 8 nitrogen and oxygen atoms in total. The molecule has 3 aliphatic rings. The van der Waals surface area contributed by atoms with Crippen LogP contribution in [0.25, 0.3) is 10.9 Å². The van der Waals surface area contributed by atoms with Crippen LogP contribution in [0.1, 0.15) is 25.3 Å². The number of imide groups is 1. The molecule has 5 unspecified atom stereocenters. The van der Waals surface area contributed by atoms with E-state index in [1.54, 1.807) is 37.4 Å². The van der Waals surface area contributed by atoms with Crippen LogP contribution in [-0.2, 0) is 14.3 Å². The Hall–Kier alpha value is -2.86. The number of anilines is 1. The number of amides is 2. The monoisotopic (exact) mass is 393 g/mol. The van der Waals surface area contributed by atoms with Gasteiger partial charge in [-0.3, -0.25) is 14.6 Å². The van der Waals surface area contributed by atoms with E-state index in [1.165, 1.54) is 0 Å². The lowest BCUT2D eigenvalue weighted by Gasteiger charge is -2.33. The number of fused-ring (bicyclic) bond motifs is 6. The fraction of sp³-hybridized carbons (Fsp3) is 0.429. The fourth-order valence-electron chi connectivity index (χ4n) is 5.49. The minimum atomic E-state index is -1.18. The standard InChI is InChI=1S/C21H19N3O5/c1-20-14(26)9-21(29-20,6-8-25)16-15(20)18(27)24(19(16)28)13-5-4-11(10-22)17-12(13)3-2-7-23-17/h2-5,7,14-16,25-26H,6,8-9H2,1H3. The van der Waals surface area contributed by atoms with Gasteiger partial charge in [-0.15, -0.1) is 0 Å². The lowest BCUT2D eigenvalue weighted by atomic mass is 9.66. The highest BCUT2D eigenvalue weighted by molar-refractivity contribution is 6.26. The van der Waals surface area contributed by atoms with E-state index in [9.17, 15) is 25.1 Å². The van der Waals surface area contributed by atoms with E-state index in [0.29, 0.717) is 22.2 Å². The maximum atomic E-state index is 13.5. The highest BCUT2D eigenvalue weighted by atomic mass is 16.6. The molecule has 2 aromatic rings. The first kappa shape index (κ1) is 18.2. The van der Waals surface area contributed by atoms with E-state index < -0.39 is 41.0 Å². The molecular weight excluding hydrogens is 374 g/mol. The van der Waals surface area contributed by atoms with Gasteiger partial charge in [0.1, 0.15) is 11.7 Å². The van der Waals surface area contributed by atoms with Gasteiger partial charge in [0.25, 0.3) is 0 Å². The molecule has 3 aliphatic heterocycles. The van der Waals surface area contributed by atoms with E-state index in [2.05, 4.69) is 11.1 Å². The van der Waals surface area contributed by atoms with Crippen molar-refractivity contribution in [3.05, 3.63) is 36.0 Å². The third-order valence-electron chi connectivity index (χ3n) is 6.76. The number of nitriles is 1. The van der Waals surface area contributed by atoms with Crippen molar-refractivity contribution in [1.29, 1.82) is 5.26 Å². The van der Waals surface area contributed by atoms with Crippen molar-refractivity contribution in [3.8, 4) is 6.07 Å². The molecule has 5 rings (SSSR count). The summed E-state index contributed by atoms with van der Waals surface area (Å²) in [4.78, 5) is 32.3. The first-order valence-electron chi connectivity index (χ1n) is 9.53. The fourth-order valence-corrected chi connectivity index (χ4v) is 5.49. The molecule has 1 aromatic heterocycles. The van der Waals surface area contributed by atoms with Crippen LogP contribution in [0.3, 0.4) is 0 Å². The number of hydrogen-bond donors (Lipinski definition) is 2. The minimum Gasteiger partial charge on any atom is -0.396 e. The lowest BCUT2D eigenvalue weighted by molar-refractivity contribution is -0.134. The summed E-state index contributed by atoms with van der Waals surface area (Å²) in [5, 5.41) is 30.0. The summed E-state index contributed by atoms with van der Waals surface area (Å²) in [7, 11) is 0. The average Bonchev–Trinajstić information content (AvgIpc) is 3.23. The van der Waals surface area contributed by atoms with Gasteiger partial charge in [-0.2, -0.15) is 5.26 Å². The summed E-state index contributed by atoms with van der Waals surface area (Å²) in [6, 6.07) is 8.61. The molecular formula is C21H19N3O5. The van der Waals surface area contributed by atoms with E-state index in [-0.39, 0.29) is 19.4 Å². The zero-order valence-electron chi connectivity index (χ0n) is 15.7. The van der Waals surface area contributed by atoms with E-state index in [0.717, 1.165) is 4.90 Å². The Balaban J connectivity index is 1.68. The number of aliphatic hydroxyl groups is 2. The zero-order valence-corrected chi connectivity index (χ0v) is 15.7. The van der Waals surface area contributed by atoms with Crippen molar-refractivity contribution in [2.24, 2.45) is 11.8 Å². The molecule has 0 saturated carbocycles. The number of carbonyl (C=O) groups is 2. The smallest absolute Gasteiger partial charge is 0.240 e. The summed E-state index contributed by atoms with van der Waals surface area (Å²) < 4.78 is 6.08. The molecule has 3 saturated heterocycles. The van der Waals surface area contributed by atoms with Crippen LogP contribution in [0, 0.1) is 23.2 Å². The summed E-state index contributed by atoms with van der Waals surface area (Å²) in [6.45, 7) is 1.45. The number of hydrogen-bond acceptors (Lipinski definition) is 7. The van der Waals surface area contributed by atoms with Crippen LogP contribution in [0.4, 0.5) is 5.69 Å². The van der Waals surface area contributed by atoms with Gasteiger partial charge in [-0.25, -0.2) is 4.90 Å².